The third kappa shape index (κ3) is 5.45. The first-order chi connectivity index (χ1) is 14.2. The Balaban J connectivity index is 2.36. The summed E-state index contributed by atoms with van der Waals surface area (Å²) in [5.41, 5.74) is 1.01. The maximum Gasteiger partial charge on any atom is 0.416 e. The Labute approximate surface area is 180 Å². The number of rotatable bonds is 3. The van der Waals surface area contributed by atoms with Gasteiger partial charge in [0.05, 0.1) is 11.1 Å². The fraction of sp³-hybridized carbons (Fsp3) is 0.250. The molecular formula is C24H22F6S. The molecule has 0 bridgehead atoms. The molecule has 0 fully saturated rings. The van der Waals surface area contributed by atoms with Crippen LogP contribution in [0, 0.1) is 27.7 Å². The van der Waals surface area contributed by atoms with Crippen LogP contribution in [-0.4, -0.2) is 0 Å². The Kier molecular flexibility index (Phi) is 6.20. The summed E-state index contributed by atoms with van der Waals surface area (Å²) in [4.78, 5) is 1.45. The van der Waals surface area contributed by atoms with Gasteiger partial charge >= 0.3 is 12.4 Å². The number of hydrogen-bond donors (Lipinski definition) is 1. The molecule has 3 aromatic rings. The van der Waals surface area contributed by atoms with E-state index in [4.69, 9.17) is 0 Å². The van der Waals surface area contributed by atoms with Gasteiger partial charge in [-0.3, -0.25) is 0 Å². The highest BCUT2D eigenvalue weighted by atomic mass is 32.2. The number of hydrogen-bond acceptors (Lipinski definition) is 0. The van der Waals surface area contributed by atoms with E-state index in [1.165, 1.54) is 0 Å². The van der Waals surface area contributed by atoms with Gasteiger partial charge in [0, 0.05) is 0 Å². The molecule has 0 atom stereocenters. The minimum absolute atomic E-state index is 0.0205. The van der Waals surface area contributed by atoms with Gasteiger partial charge in [-0.15, -0.1) is 0 Å². The fourth-order valence-electron chi connectivity index (χ4n) is 3.67. The Bertz CT molecular complexity index is 988. The second kappa shape index (κ2) is 8.26. The van der Waals surface area contributed by atoms with Crippen LogP contribution in [0.2, 0.25) is 0 Å². The molecule has 0 N–H and O–H groups in total. The van der Waals surface area contributed by atoms with Crippen molar-refractivity contribution in [2.75, 3.05) is 0 Å². The third-order valence-corrected chi connectivity index (χ3v) is 7.08. The van der Waals surface area contributed by atoms with E-state index >= 15 is 0 Å². The zero-order valence-electron chi connectivity index (χ0n) is 17.4. The standard InChI is InChI=1S/C24H22F6S/c1-14-5-15(2)8-20(7-14)31(21-9-16(3)6-17(4)10-21)22-12-18(23(25,26)27)11-19(13-22)24(28,29)30/h5-13,31H,1-4H3. The van der Waals surface area contributed by atoms with Crippen LogP contribution in [-0.2, 0) is 12.4 Å². The first-order valence-electron chi connectivity index (χ1n) is 9.50. The first-order valence-corrected chi connectivity index (χ1v) is 10.8. The van der Waals surface area contributed by atoms with Crippen LogP contribution in [0.15, 0.2) is 69.3 Å². The highest BCUT2D eigenvalue weighted by Crippen LogP contribution is 2.54. The summed E-state index contributed by atoms with van der Waals surface area (Å²) in [5.74, 6) is 0. The molecule has 0 aromatic heterocycles. The van der Waals surface area contributed by atoms with Crippen LogP contribution in [0.4, 0.5) is 26.3 Å². The molecule has 0 saturated heterocycles. The van der Waals surface area contributed by atoms with Crippen molar-refractivity contribution in [1.29, 1.82) is 0 Å². The lowest BCUT2D eigenvalue weighted by Gasteiger charge is -2.27. The largest absolute Gasteiger partial charge is 0.416 e. The van der Waals surface area contributed by atoms with E-state index in [1.807, 2.05) is 64.1 Å². The average Bonchev–Trinajstić information content (AvgIpc) is 2.58. The summed E-state index contributed by atoms with van der Waals surface area (Å²) in [6, 6.07) is 13.1. The van der Waals surface area contributed by atoms with Gasteiger partial charge in [-0.1, -0.05) is 12.1 Å². The molecule has 0 nitrogen and oxygen atoms in total. The SMILES string of the molecule is Cc1cc(C)cc([SH](c2cc(C)cc(C)c2)c2cc(C(F)(F)F)cc(C(F)(F)F)c2)c1. The van der Waals surface area contributed by atoms with E-state index in [1.54, 1.807) is 0 Å². The molecular weight excluding hydrogens is 434 g/mol. The van der Waals surface area contributed by atoms with Crippen LogP contribution in [0.25, 0.3) is 0 Å². The Morgan fingerprint density at radius 1 is 0.452 bits per heavy atom. The second-order valence-corrected chi connectivity index (χ2v) is 10.0. The van der Waals surface area contributed by atoms with Crippen molar-refractivity contribution >= 4 is 10.9 Å². The maximum atomic E-state index is 13.5. The van der Waals surface area contributed by atoms with E-state index in [0.29, 0.717) is 9.79 Å². The highest BCUT2D eigenvalue weighted by molar-refractivity contribution is 8.17. The van der Waals surface area contributed by atoms with E-state index in [2.05, 4.69) is 0 Å². The van der Waals surface area contributed by atoms with E-state index in [9.17, 15) is 26.3 Å². The molecule has 3 aromatic carbocycles. The summed E-state index contributed by atoms with van der Waals surface area (Å²) >= 11 is 0. The minimum Gasteiger partial charge on any atom is -0.173 e. The Hall–Kier alpha value is -2.41. The molecule has 7 heteroatoms. The number of alkyl halides is 6. The molecule has 0 spiro atoms. The fourth-order valence-corrected chi connectivity index (χ4v) is 6.44. The van der Waals surface area contributed by atoms with Crippen molar-refractivity contribution in [2.45, 2.75) is 54.7 Å². The van der Waals surface area contributed by atoms with Gasteiger partial charge in [-0.05, 0) is 107 Å². The monoisotopic (exact) mass is 456 g/mol. The summed E-state index contributed by atoms with van der Waals surface area (Å²) in [6.07, 6.45) is -9.77. The lowest BCUT2D eigenvalue weighted by atomic mass is 10.1. The quantitative estimate of drug-likeness (QED) is 0.297. The Morgan fingerprint density at radius 3 is 1.03 bits per heavy atom. The Morgan fingerprint density at radius 2 is 0.742 bits per heavy atom. The van der Waals surface area contributed by atoms with Gasteiger partial charge in [0.15, 0.2) is 0 Å². The van der Waals surface area contributed by atoms with Crippen molar-refractivity contribution in [3.05, 3.63) is 88.0 Å². The number of benzene rings is 3. The predicted molar refractivity (Wildman–Crippen MR) is 112 cm³/mol. The third-order valence-electron chi connectivity index (χ3n) is 4.76. The second-order valence-electron chi connectivity index (χ2n) is 7.79. The molecule has 0 heterocycles. The molecule has 0 aliphatic rings. The number of aryl methyl sites for hydroxylation is 4. The molecule has 166 valence electrons. The van der Waals surface area contributed by atoms with Gasteiger partial charge in [0.25, 0.3) is 0 Å². The number of thiol groups is 1. The summed E-state index contributed by atoms with van der Waals surface area (Å²) in [6.45, 7) is 7.44. The van der Waals surface area contributed by atoms with E-state index in [0.717, 1.165) is 34.4 Å². The van der Waals surface area contributed by atoms with Gasteiger partial charge in [-0.25, -0.2) is 0 Å². The molecule has 31 heavy (non-hydrogen) atoms. The van der Waals surface area contributed by atoms with Crippen LogP contribution in [0.3, 0.4) is 0 Å². The molecule has 3 rings (SSSR count). The van der Waals surface area contributed by atoms with Crippen LogP contribution >= 0.6 is 10.9 Å². The van der Waals surface area contributed by atoms with Crippen molar-refractivity contribution < 1.29 is 26.3 Å². The van der Waals surface area contributed by atoms with E-state index < -0.39 is 34.4 Å². The van der Waals surface area contributed by atoms with Crippen LogP contribution in [0.5, 0.6) is 0 Å². The van der Waals surface area contributed by atoms with Gasteiger partial charge in [0.1, 0.15) is 0 Å². The zero-order valence-corrected chi connectivity index (χ0v) is 18.3. The topological polar surface area (TPSA) is 0 Å². The minimum atomic E-state index is -4.89. The predicted octanol–water partition coefficient (Wildman–Crippen LogP) is 8.44. The number of halogens is 6. The molecule has 0 aliphatic heterocycles. The summed E-state index contributed by atoms with van der Waals surface area (Å²) in [5, 5.41) is 0. The smallest absolute Gasteiger partial charge is 0.173 e. The zero-order chi connectivity index (χ0) is 23.1. The van der Waals surface area contributed by atoms with E-state index in [-0.39, 0.29) is 11.0 Å². The average molecular weight is 456 g/mol. The van der Waals surface area contributed by atoms with Crippen molar-refractivity contribution in [1.82, 2.24) is 0 Å². The van der Waals surface area contributed by atoms with Crippen LogP contribution < -0.4 is 0 Å². The highest BCUT2D eigenvalue weighted by Gasteiger charge is 2.37. The van der Waals surface area contributed by atoms with Gasteiger partial charge in [0.2, 0.25) is 0 Å². The normalized spacial score (nSPS) is 12.8. The van der Waals surface area contributed by atoms with Crippen molar-refractivity contribution in [2.24, 2.45) is 0 Å². The lowest BCUT2D eigenvalue weighted by Crippen LogP contribution is -2.11. The first kappa shape index (κ1) is 23.3. The van der Waals surface area contributed by atoms with Crippen molar-refractivity contribution in [3.8, 4) is 0 Å². The van der Waals surface area contributed by atoms with Crippen molar-refractivity contribution in [3.63, 3.8) is 0 Å². The van der Waals surface area contributed by atoms with Gasteiger partial charge in [-0.2, -0.15) is 37.2 Å². The summed E-state index contributed by atoms with van der Waals surface area (Å²) in [7, 11) is -1.64. The molecule has 0 saturated carbocycles. The molecule has 0 amide bonds. The lowest BCUT2D eigenvalue weighted by molar-refractivity contribution is -0.143. The maximum absolute atomic E-state index is 13.5. The molecule has 0 radical (unpaired) electrons. The summed E-state index contributed by atoms with van der Waals surface area (Å²) < 4.78 is 81.0. The molecule has 0 unspecified atom stereocenters. The molecule has 0 aliphatic carbocycles. The van der Waals surface area contributed by atoms with Crippen LogP contribution in [0.1, 0.15) is 33.4 Å². The van der Waals surface area contributed by atoms with Gasteiger partial charge < -0.3 is 0 Å².